The van der Waals surface area contributed by atoms with Crippen LogP contribution in [0.25, 0.3) is 27.5 Å². The van der Waals surface area contributed by atoms with Gasteiger partial charge in [0.15, 0.2) is 28.8 Å². The number of methoxy groups -OCH3 is 1. The molecule has 0 atom stereocenters. The number of ether oxygens (including phenoxy) is 3. The van der Waals surface area contributed by atoms with E-state index in [9.17, 15) is 9.59 Å². The van der Waals surface area contributed by atoms with E-state index in [1.54, 1.807) is 67.9 Å². The number of aromatic nitrogens is 3. The number of nitrogens with one attached hydrogen (secondary N) is 1. The number of fused-ring (bicyclic) bond motifs is 2. The zero-order valence-corrected chi connectivity index (χ0v) is 29.7. The Morgan fingerprint density at radius 1 is 0.904 bits per heavy atom. The molecule has 1 N–H and O–H groups in total. The highest BCUT2D eigenvalue weighted by atomic mass is 35.5. The van der Waals surface area contributed by atoms with Gasteiger partial charge in [0.2, 0.25) is 5.43 Å². The summed E-state index contributed by atoms with van der Waals surface area (Å²) in [5.74, 6) is -0.266. The minimum atomic E-state index is -0.834. The fraction of sp³-hybridized carbons (Fsp3) is 0.231. The van der Waals surface area contributed by atoms with Crippen LogP contribution >= 0.6 is 23.2 Å². The number of carbonyl (C=O) groups excluding carboxylic acids is 1. The first-order chi connectivity index (χ1) is 25.3. The molecule has 1 amide bonds. The summed E-state index contributed by atoms with van der Waals surface area (Å²) < 4.78 is 34.6. The lowest BCUT2D eigenvalue weighted by Gasteiger charge is -2.26. The molecule has 1 fully saturated rings. The highest BCUT2D eigenvalue weighted by Crippen LogP contribution is 2.38. The van der Waals surface area contributed by atoms with E-state index in [1.807, 2.05) is 0 Å². The van der Waals surface area contributed by atoms with Crippen molar-refractivity contribution in [2.24, 2.45) is 0 Å². The highest BCUT2D eigenvalue weighted by Gasteiger charge is 2.21. The normalized spacial score (nSPS) is 13.3. The van der Waals surface area contributed by atoms with Gasteiger partial charge in [-0.25, -0.2) is 9.07 Å². The fourth-order valence-electron chi connectivity index (χ4n) is 6.28. The lowest BCUT2D eigenvalue weighted by Crippen LogP contribution is -2.31. The van der Waals surface area contributed by atoms with Crippen LogP contribution in [0.2, 0.25) is 10.0 Å². The summed E-state index contributed by atoms with van der Waals surface area (Å²) in [6.07, 6.45) is 6.25. The molecular formula is C39H34Cl2FN5O5. The second-order valence-electron chi connectivity index (χ2n) is 12.3. The first kappa shape index (κ1) is 35.2. The number of hydrogen-bond acceptors (Lipinski definition) is 8. The van der Waals surface area contributed by atoms with Crippen LogP contribution in [-0.2, 0) is 0 Å². The highest BCUT2D eigenvalue weighted by molar-refractivity contribution is 6.35. The van der Waals surface area contributed by atoms with E-state index in [0.717, 1.165) is 32.1 Å². The van der Waals surface area contributed by atoms with Crippen LogP contribution in [0.4, 0.5) is 10.1 Å². The van der Waals surface area contributed by atoms with Gasteiger partial charge in [0.1, 0.15) is 5.75 Å². The van der Waals surface area contributed by atoms with E-state index in [0.29, 0.717) is 51.0 Å². The van der Waals surface area contributed by atoms with Crippen LogP contribution in [0.3, 0.4) is 0 Å². The van der Waals surface area contributed by atoms with E-state index in [1.165, 1.54) is 42.1 Å². The molecule has 1 aliphatic rings. The number of benzene rings is 4. The number of para-hydroxylation sites is 1. The van der Waals surface area contributed by atoms with E-state index < -0.39 is 22.8 Å². The Kier molecular flexibility index (Phi) is 10.5. The quantitative estimate of drug-likeness (QED) is 0.132. The van der Waals surface area contributed by atoms with Gasteiger partial charge in [0.05, 0.1) is 40.8 Å². The molecule has 2 aromatic heterocycles. The number of halogens is 3. The number of piperidine rings is 1. The van der Waals surface area contributed by atoms with Crippen molar-refractivity contribution < 1.29 is 23.4 Å². The molecule has 266 valence electrons. The smallest absolute Gasteiger partial charge is 0.280 e. The molecule has 6 aromatic rings. The lowest BCUT2D eigenvalue weighted by atomic mass is 10.1. The standard InChI is InChI=1S/C39H34Cl2FN5O5/c1-50-35-22-27-30(23-36(35)51-19-7-18-46-16-5-2-6-17-46)43-15-14-33(27)52-34-13-11-25(21-29(34)42)44-39(49)37-38(48)26-8-3-4-9-31(26)47(45-37)32-12-10-24(40)20-28(32)41/h3-4,8-15,20-23H,2,5-7,16-19H2,1H3,(H,44,49). The molecule has 4 aromatic carbocycles. The molecule has 13 heteroatoms. The number of pyridine rings is 1. The second kappa shape index (κ2) is 15.6. The third-order valence-corrected chi connectivity index (χ3v) is 9.40. The van der Waals surface area contributed by atoms with Gasteiger partial charge in [-0.05, 0) is 86.9 Å². The summed E-state index contributed by atoms with van der Waals surface area (Å²) in [7, 11) is 1.56. The predicted molar refractivity (Wildman–Crippen MR) is 200 cm³/mol. The van der Waals surface area contributed by atoms with Gasteiger partial charge in [-0.1, -0.05) is 41.8 Å². The monoisotopic (exact) mass is 741 g/mol. The van der Waals surface area contributed by atoms with Crippen LogP contribution in [0.15, 0.2) is 89.9 Å². The van der Waals surface area contributed by atoms with Crippen LogP contribution in [-0.4, -0.2) is 58.9 Å². The molecule has 0 radical (unpaired) electrons. The zero-order valence-electron chi connectivity index (χ0n) is 28.2. The number of nitrogens with zero attached hydrogens (tertiary/aromatic N) is 4. The van der Waals surface area contributed by atoms with Crippen LogP contribution in [0, 0.1) is 5.82 Å². The van der Waals surface area contributed by atoms with Gasteiger partial charge < -0.3 is 24.4 Å². The number of amides is 1. The van der Waals surface area contributed by atoms with E-state index in [2.05, 4.69) is 20.3 Å². The number of likely N-dealkylation sites (tertiary alicyclic amines) is 1. The average molecular weight is 743 g/mol. The molecule has 0 saturated carbocycles. The molecule has 1 saturated heterocycles. The van der Waals surface area contributed by atoms with Gasteiger partial charge in [-0.3, -0.25) is 14.6 Å². The summed E-state index contributed by atoms with van der Waals surface area (Å²) in [6, 6.07) is 20.6. The first-order valence-electron chi connectivity index (χ1n) is 16.9. The third-order valence-electron chi connectivity index (χ3n) is 8.87. The van der Waals surface area contributed by atoms with E-state index in [-0.39, 0.29) is 21.8 Å². The SMILES string of the molecule is COc1cc2c(Oc3ccc(NC(=O)c4nn(-c5ccc(Cl)cc5Cl)c5ccccc5c4=O)cc3F)ccnc2cc1OCCCN1CCCCC1. The van der Waals surface area contributed by atoms with Gasteiger partial charge >= 0.3 is 0 Å². The average Bonchev–Trinajstić information content (AvgIpc) is 3.15. The number of rotatable bonds is 11. The van der Waals surface area contributed by atoms with E-state index in [4.69, 9.17) is 37.4 Å². The van der Waals surface area contributed by atoms with Crippen molar-refractivity contribution in [3.8, 4) is 28.7 Å². The summed E-state index contributed by atoms with van der Waals surface area (Å²) in [5, 5.41) is 8.47. The second-order valence-corrected chi connectivity index (χ2v) is 13.2. The molecule has 0 aliphatic carbocycles. The molecule has 52 heavy (non-hydrogen) atoms. The molecule has 0 unspecified atom stereocenters. The Morgan fingerprint density at radius 2 is 1.73 bits per heavy atom. The number of hydrogen-bond donors (Lipinski definition) is 1. The Labute approximate surface area is 308 Å². The van der Waals surface area contributed by atoms with Gasteiger partial charge in [0.25, 0.3) is 5.91 Å². The minimum absolute atomic E-state index is 0.0867. The van der Waals surface area contributed by atoms with Crippen LogP contribution < -0.4 is 25.0 Å². The van der Waals surface area contributed by atoms with Crippen molar-refractivity contribution in [3.05, 3.63) is 117 Å². The van der Waals surface area contributed by atoms with Gasteiger partial charge in [-0.2, -0.15) is 5.10 Å². The molecule has 10 nitrogen and oxygen atoms in total. The molecule has 0 spiro atoms. The van der Waals surface area contributed by atoms with Crippen LogP contribution in [0.5, 0.6) is 23.0 Å². The molecule has 3 heterocycles. The molecule has 1 aliphatic heterocycles. The summed E-state index contributed by atoms with van der Waals surface area (Å²) in [4.78, 5) is 33.8. The Bertz CT molecular complexity index is 2350. The molecule has 7 rings (SSSR count). The Balaban J connectivity index is 1.09. The van der Waals surface area contributed by atoms with Crippen molar-refractivity contribution in [3.63, 3.8) is 0 Å². The topological polar surface area (TPSA) is 108 Å². The summed E-state index contributed by atoms with van der Waals surface area (Å²) >= 11 is 12.6. The Morgan fingerprint density at radius 3 is 2.52 bits per heavy atom. The zero-order chi connectivity index (χ0) is 36.2. The predicted octanol–water partition coefficient (Wildman–Crippen LogP) is 8.69. The van der Waals surface area contributed by atoms with Crippen LogP contribution in [0.1, 0.15) is 36.2 Å². The van der Waals surface area contributed by atoms with Crippen molar-refractivity contribution in [1.29, 1.82) is 0 Å². The van der Waals surface area contributed by atoms with Gasteiger partial charge in [-0.15, -0.1) is 0 Å². The third kappa shape index (κ3) is 7.52. The summed E-state index contributed by atoms with van der Waals surface area (Å²) in [5.41, 5.74) is 0.519. The van der Waals surface area contributed by atoms with Crippen molar-refractivity contribution in [1.82, 2.24) is 19.7 Å². The summed E-state index contributed by atoms with van der Waals surface area (Å²) in [6.45, 7) is 3.79. The maximum absolute atomic E-state index is 15.5. The van der Waals surface area contributed by atoms with E-state index >= 15 is 4.39 Å². The number of carbonyl (C=O) groups is 1. The number of anilines is 1. The van der Waals surface area contributed by atoms with Crippen molar-refractivity contribution >= 4 is 56.6 Å². The first-order valence-corrected chi connectivity index (χ1v) is 17.6. The maximum atomic E-state index is 15.5. The minimum Gasteiger partial charge on any atom is -0.493 e. The fourth-order valence-corrected chi connectivity index (χ4v) is 6.76. The largest absolute Gasteiger partial charge is 0.493 e. The lowest BCUT2D eigenvalue weighted by molar-refractivity contribution is 0.102. The van der Waals surface area contributed by atoms with Crippen molar-refractivity contribution in [2.75, 3.05) is 38.7 Å². The molecule has 0 bridgehead atoms. The van der Waals surface area contributed by atoms with Gasteiger partial charge in [0, 0.05) is 41.0 Å². The van der Waals surface area contributed by atoms with Crippen molar-refractivity contribution in [2.45, 2.75) is 25.7 Å². The molecular weight excluding hydrogens is 708 g/mol. The maximum Gasteiger partial charge on any atom is 0.280 e. The Hall–Kier alpha value is -5.23.